The van der Waals surface area contributed by atoms with Crippen molar-refractivity contribution < 1.29 is 4.79 Å². The summed E-state index contributed by atoms with van der Waals surface area (Å²) in [6.07, 6.45) is 0. The molecule has 0 saturated carbocycles. The highest BCUT2D eigenvalue weighted by molar-refractivity contribution is 7.09. The molecule has 1 N–H and O–H groups in total. The molecular weight excluding hydrogens is 368 g/mol. The van der Waals surface area contributed by atoms with Crippen LogP contribution in [0.2, 0.25) is 0 Å². The van der Waals surface area contributed by atoms with Crippen molar-refractivity contribution in [2.75, 3.05) is 39.3 Å². The van der Waals surface area contributed by atoms with Gasteiger partial charge in [0.05, 0.1) is 0 Å². The highest BCUT2D eigenvalue weighted by Gasteiger charge is 2.21. The van der Waals surface area contributed by atoms with E-state index < -0.39 is 0 Å². The van der Waals surface area contributed by atoms with Gasteiger partial charge in [-0.2, -0.15) is 0 Å². The number of amides is 2. The van der Waals surface area contributed by atoms with E-state index in [0.29, 0.717) is 6.54 Å². The van der Waals surface area contributed by atoms with Crippen LogP contribution in [0, 0.1) is 0 Å². The number of benzene rings is 1. The summed E-state index contributed by atoms with van der Waals surface area (Å²) in [5, 5.41) is 5.19. The number of piperazine rings is 1. The predicted molar refractivity (Wildman–Crippen MR) is 116 cm³/mol. The Hall–Kier alpha value is -1.89. The summed E-state index contributed by atoms with van der Waals surface area (Å²) < 4.78 is 0. The van der Waals surface area contributed by atoms with Gasteiger partial charge in [0.2, 0.25) is 0 Å². The third-order valence-corrected chi connectivity index (χ3v) is 6.25. The highest BCUT2D eigenvalue weighted by atomic mass is 32.1. The molecule has 6 heteroatoms. The molecule has 0 aliphatic carbocycles. The highest BCUT2D eigenvalue weighted by Crippen LogP contribution is 2.14. The monoisotopic (exact) mass is 400 g/mol. The predicted octanol–water partition coefficient (Wildman–Crippen LogP) is 3.62. The molecule has 0 radical (unpaired) electrons. The van der Waals surface area contributed by atoms with Crippen LogP contribution < -0.4 is 5.32 Å². The van der Waals surface area contributed by atoms with Gasteiger partial charge in [-0.15, -0.1) is 11.3 Å². The molecule has 3 rings (SSSR count). The molecule has 1 aliphatic rings. The Bertz CT molecular complexity index is 705. The SMILES string of the molecule is CCN(CC)Cc1ccc(CNC(=O)N2CCN(Cc3cccs3)CC2)cc1. The molecule has 152 valence electrons. The van der Waals surface area contributed by atoms with E-state index in [2.05, 4.69) is 70.7 Å². The van der Waals surface area contributed by atoms with E-state index in [0.717, 1.165) is 57.9 Å². The van der Waals surface area contributed by atoms with Gasteiger partial charge in [0.15, 0.2) is 0 Å². The van der Waals surface area contributed by atoms with Crippen molar-refractivity contribution in [2.24, 2.45) is 0 Å². The van der Waals surface area contributed by atoms with Crippen LogP contribution in [0.3, 0.4) is 0 Å². The van der Waals surface area contributed by atoms with Crippen LogP contribution in [0.15, 0.2) is 41.8 Å². The van der Waals surface area contributed by atoms with Crippen LogP contribution in [0.4, 0.5) is 4.79 Å². The average molecular weight is 401 g/mol. The maximum absolute atomic E-state index is 12.5. The molecule has 28 heavy (non-hydrogen) atoms. The number of urea groups is 1. The van der Waals surface area contributed by atoms with Gasteiger partial charge in [-0.3, -0.25) is 9.80 Å². The summed E-state index contributed by atoms with van der Waals surface area (Å²) >= 11 is 1.80. The van der Waals surface area contributed by atoms with Crippen LogP contribution in [-0.2, 0) is 19.6 Å². The molecule has 2 aromatic rings. The molecule has 0 bridgehead atoms. The van der Waals surface area contributed by atoms with Crippen LogP contribution in [0.5, 0.6) is 0 Å². The third kappa shape index (κ3) is 6.06. The topological polar surface area (TPSA) is 38.8 Å². The van der Waals surface area contributed by atoms with E-state index in [1.54, 1.807) is 11.3 Å². The lowest BCUT2D eigenvalue weighted by Gasteiger charge is -2.34. The summed E-state index contributed by atoms with van der Waals surface area (Å²) in [7, 11) is 0. The quantitative estimate of drug-likeness (QED) is 0.736. The fourth-order valence-electron chi connectivity index (χ4n) is 3.49. The summed E-state index contributed by atoms with van der Waals surface area (Å²) in [4.78, 5) is 20.6. The summed E-state index contributed by atoms with van der Waals surface area (Å²) in [5.41, 5.74) is 2.47. The third-order valence-electron chi connectivity index (χ3n) is 5.39. The largest absolute Gasteiger partial charge is 0.334 e. The van der Waals surface area contributed by atoms with E-state index >= 15 is 0 Å². The van der Waals surface area contributed by atoms with Crippen LogP contribution in [0.1, 0.15) is 29.9 Å². The molecule has 2 amide bonds. The van der Waals surface area contributed by atoms with Crippen molar-refractivity contribution in [3.8, 4) is 0 Å². The molecule has 1 aromatic carbocycles. The number of carbonyl (C=O) groups is 1. The number of hydrogen-bond donors (Lipinski definition) is 1. The number of thiophene rings is 1. The zero-order valence-electron chi connectivity index (χ0n) is 17.1. The minimum atomic E-state index is 0.0444. The Morgan fingerprint density at radius 1 is 1.04 bits per heavy atom. The van der Waals surface area contributed by atoms with Crippen molar-refractivity contribution in [1.82, 2.24) is 20.0 Å². The Kier molecular flexibility index (Phi) is 7.89. The summed E-state index contributed by atoms with van der Waals surface area (Å²) in [6, 6.07) is 12.9. The Balaban J connectivity index is 1.39. The molecule has 2 heterocycles. The average Bonchev–Trinajstić information content (AvgIpc) is 3.24. The van der Waals surface area contributed by atoms with Gasteiger partial charge in [-0.1, -0.05) is 44.2 Å². The number of carbonyl (C=O) groups excluding carboxylic acids is 1. The smallest absolute Gasteiger partial charge is 0.317 e. The lowest BCUT2D eigenvalue weighted by atomic mass is 10.1. The van der Waals surface area contributed by atoms with Gasteiger partial charge in [0.25, 0.3) is 0 Å². The zero-order chi connectivity index (χ0) is 19.8. The molecule has 1 aromatic heterocycles. The lowest BCUT2D eigenvalue weighted by Crippen LogP contribution is -2.51. The number of nitrogens with one attached hydrogen (secondary N) is 1. The first-order valence-corrected chi connectivity index (χ1v) is 11.1. The minimum Gasteiger partial charge on any atom is -0.334 e. The second-order valence-corrected chi connectivity index (χ2v) is 8.31. The van der Waals surface area contributed by atoms with E-state index in [9.17, 15) is 4.79 Å². The molecule has 1 aliphatic heterocycles. The normalized spacial score (nSPS) is 15.2. The van der Waals surface area contributed by atoms with Gasteiger partial charge < -0.3 is 10.2 Å². The fraction of sp³-hybridized carbons (Fsp3) is 0.500. The molecule has 1 saturated heterocycles. The number of nitrogens with zero attached hydrogens (tertiary/aromatic N) is 3. The zero-order valence-corrected chi connectivity index (χ0v) is 17.9. The lowest BCUT2D eigenvalue weighted by molar-refractivity contribution is 0.135. The standard InChI is InChI=1S/C22H32N4OS/c1-3-24(4-2)17-20-9-7-19(8-10-20)16-23-22(27)26-13-11-25(12-14-26)18-21-6-5-15-28-21/h5-10,15H,3-4,11-14,16-18H2,1-2H3,(H,23,27). The molecule has 0 unspecified atom stereocenters. The minimum absolute atomic E-state index is 0.0444. The summed E-state index contributed by atoms with van der Waals surface area (Å²) in [5.74, 6) is 0. The second-order valence-electron chi connectivity index (χ2n) is 7.28. The van der Waals surface area contributed by atoms with Gasteiger partial charge in [0, 0.05) is 50.7 Å². The van der Waals surface area contributed by atoms with Crippen LogP contribution in [0.25, 0.3) is 0 Å². The van der Waals surface area contributed by atoms with E-state index in [-0.39, 0.29) is 6.03 Å². The van der Waals surface area contributed by atoms with E-state index in [4.69, 9.17) is 0 Å². The first-order valence-electron chi connectivity index (χ1n) is 10.3. The van der Waals surface area contributed by atoms with Gasteiger partial charge >= 0.3 is 6.03 Å². The number of hydrogen-bond acceptors (Lipinski definition) is 4. The van der Waals surface area contributed by atoms with Crippen LogP contribution in [-0.4, -0.2) is 60.0 Å². The Morgan fingerprint density at radius 2 is 1.71 bits per heavy atom. The maximum atomic E-state index is 12.5. The maximum Gasteiger partial charge on any atom is 0.317 e. The summed E-state index contributed by atoms with van der Waals surface area (Å²) in [6.45, 7) is 12.5. The van der Waals surface area contributed by atoms with Crippen molar-refractivity contribution in [3.05, 3.63) is 57.8 Å². The van der Waals surface area contributed by atoms with Crippen molar-refractivity contribution in [1.29, 1.82) is 0 Å². The molecular formula is C22H32N4OS. The van der Waals surface area contributed by atoms with Gasteiger partial charge in [-0.05, 0) is 35.7 Å². The number of rotatable bonds is 8. The molecule has 5 nitrogen and oxygen atoms in total. The molecule has 0 atom stereocenters. The van der Waals surface area contributed by atoms with E-state index in [1.807, 2.05) is 4.90 Å². The molecule has 1 fully saturated rings. The first-order chi connectivity index (χ1) is 13.7. The van der Waals surface area contributed by atoms with Gasteiger partial charge in [0.1, 0.15) is 0 Å². The van der Waals surface area contributed by atoms with E-state index in [1.165, 1.54) is 10.4 Å². The van der Waals surface area contributed by atoms with Crippen molar-refractivity contribution >= 4 is 17.4 Å². The Morgan fingerprint density at radius 3 is 2.32 bits per heavy atom. The van der Waals surface area contributed by atoms with Crippen molar-refractivity contribution in [3.63, 3.8) is 0 Å². The molecule has 0 spiro atoms. The fourth-order valence-corrected chi connectivity index (χ4v) is 4.24. The Labute approximate surface area is 172 Å². The first kappa shape index (κ1) is 20.8. The second kappa shape index (κ2) is 10.6. The van der Waals surface area contributed by atoms with Crippen molar-refractivity contribution in [2.45, 2.75) is 33.5 Å². The van der Waals surface area contributed by atoms with Gasteiger partial charge in [-0.25, -0.2) is 4.79 Å². The van der Waals surface area contributed by atoms with Crippen LogP contribution >= 0.6 is 11.3 Å².